The monoisotopic (exact) mass is 364 g/mol. The Morgan fingerprint density at radius 3 is 2.58 bits per heavy atom. The number of aliphatic hydroxyl groups excluding tert-OH is 2. The van der Waals surface area contributed by atoms with Crippen LogP contribution in [0.3, 0.4) is 0 Å². The van der Waals surface area contributed by atoms with Crippen LogP contribution < -0.4 is 0 Å². The quantitative estimate of drug-likeness (QED) is 0.695. The van der Waals surface area contributed by atoms with Gasteiger partial charge in [0.2, 0.25) is 0 Å². The zero-order chi connectivity index (χ0) is 18.9. The maximum Gasteiger partial charge on any atom is 0.190 e. The van der Waals surface area contributed by atoms with Crippen molar-refractivity contribution in [2.45, 2.75) is 76.9 Å². The molecule has 4 saturated carbocycles. The summed E-state index contributed by atoms with van der Waals surface area (Å²) in [4.78, 5) is 25.7. The smallest absolute Gasteiger partial charge is 0.190 e. The van der Waals surface area contributed by atoms with Crippen LogP contribution in [0.5, 0.6) is 0 Å². The summed E-state index contributed by atoms with van der Waals surface area (Å²) in [5.74, 6) is 0.380. The highest BCUT2D eigenvalue weighted by molar-refractivity contribution is 5.92. The summed E-state index contributed by atoms with van der Waals surface area (Å²) in [5.41, 5.74) is -2.40. The molecule has 4 aliphatic rings. The lowest BCUT2D eigenvalue weighted by atomic mass is 9.44. The van der Waals surface area contributed by atoms with Gasteiger partial charge in [-0.15, -0.1) is 0 Å². The number of rotatable bonds is 2. The number of carbonyl (C=O) groups is 2. The number of hydrogen-bond donors (Lipinski definition) is 3. The molecule has 146 valence electrons. The molecule has 0 spiro atoms. The minimum atomic E-state index is -1.58. The Balaban J connectivity index is 1.70. The zero-order valence-corrected chi connectivity index (χ0v) is 15.9. The Morgan fingerprint density at radius 2 is 1.88 bits per heavy atom. The van der Waals surface area contributed by atoms with E-state index in [4.69, 9.17) is 0 Å². The molecule has 4 rings (SSSR count). The first-order valence-electron chi connectivity index (χ1n) is 10.2. The van der Waals surface area contributed by atoms with Crippen LogP contribution in [-0.2, 0) is 9.59 Å². The zero-order valence-electron chi connectivity index (χ0n) is 15.9. The van der Waals surface area contributed by atoms with Crippen LogP contribution in [-0.4, -0.2) is 45.2 Å². The molecule has 0 amide bonds. The van der Waals surface area contributed by atoms with Gasteiger partial charge in [0.15, 0.2) is 5.78 Å². The first-order chi connectivity index (χ1) is 12.2. The number of aliphatic hydroxyl groups is 3. The fraction of sp³-hybridized carbons (Fsp3) is 0.905. The van der Waals surface area contributed by atoms with Crippen LogP contribution in [0.15, 0.2) is 0 Å². The van der Waals surface area contributed by atoms with Crippen molar-refractivity contribution in [3.8, 4) is 0 Å². The second-order valence-corrected chi connectivity index (χ2v) is 10.00. The molecule has 0 bridgehead atoms. The summed E-state index contributed by atoms with van der Waals surface area (Å²) in [5, 5.41) is 30.6. The van der Waals surface area contributed by atoms with Crippen molar-refractivity contribution >= 4 is 11.6 Å². The summed E-state index contributed by atoms with van der Waals surface area (Å²) in [6.07, 6.45) is 5.47. The largest absolute Gasteiger partial charge is 0.393 e. The summed E-state index contributed by atoms with van der Waals surface area (Å²) in [6, 6.07) is 0. The van der Waals surface area contributed by atoms with E-state index in [0.29, 0.717) is 12.3 Å². The van der Waals surface area contributed by atoms with Gasteiger partial charge in [0.1, 0.15) is 18.0 Å². The molecule has 0 heterocycles. The molecule has 0 saturated heterocycles. The van der Waals surface area contributed by atoms with Crippen molar-refractivity contribution in [1.29, 1.82) is 0 Å². The van der Waals surface area contributed by atoms with Crippen molar-refractivity contribution in [1.82, 2.24) is 0 Å². The lowest BCUT2D eigenvalue weighted by molar-refractivity contribution is -0.180. The topological polar surface area (TPSA) is 94.8 Å². The highest BCUT2D eigenvalue weighted by Gasteiger charge is 2.68. The third-order valence-corrected chi connectivity index (χ3v) is 9.08. The van der Waals surface area contributed by atoms with Gasteiger partial charge in [0.05, 0.1) is 6.10 Å². The van der Waals surface area contributed by atoms with Gasteiger partial charge < -0.3 is 15.3 Å². The lowest BCUT2D eigenvalue weighted by Gasteiger charge is -2.60. The number of Topliss-reactive ketones (excluding diaryl/α,β-unsaturated/α-hetero) is 2. The number of ketones is 2. The maximum absolute atomic E-state index is 13.4. The predicted octanol–water partition coefficient (Wildman–Crippen LogP) is 1.86. The normalized spacial score (nSPS) is 53.6. The van der Waals surface area contributed by atoms with Crippen LogP contribution in [0.4, 0.5) is 0 Å². The summed E-state index contributed by atoms with van der Waals surface area (Å²) >= 11 is 0. The van der Waals surface area contributed by atoms with E-state index in [1.54, 1.807) is 0 Å². The summed E-state index contributed by atoms with van der Waals surface area (Å²) < 4.78 is 0. The van der Waals surface area contributed by atoms with Gasteiger partial charge in [-0.1, -0.05) is 13.8 Å². The number of fused-ring (bicyclic) bond motifs is 5. The molecule has 0 unspecified atom stereocenters. The first kappa shape index (κ1) is 18.6. The van der Waals surface area contributed by atoms with Crippen LogP contribution in [0.1, 0.15) is 65.2 Å². The molecule has 4 fully saturated rings. The molecule has 0 aliphatic heterocycles. The van der Waals surface area contributed by atoms with Gasteiger partial charge in [0.25, 0.3) is 0 Å². The average Bonchev–Trinajstić information content (AvgIpc) is 2.86. The van der Waals surface area contributed by atoms with E-state index in [0.717, 1.165) is 38.5 Å². The third-order valence-electron chi connectivity index (χ3n) is 9.08. The average molecular weight is 364 g/mol. The SMILES string of the molecule is C[C@]12CC[C@@H](O)C[C@@H]1CC[C@@H]1[C@@H]2C(=O)C[C@]2(C)[C@H]1CC[C@]2(O)C(=O)CO. The molecule has 0 aromatic rings. The summed E-state index contributed by atoms with van der Waals surface area (Å²) in [7, 11) is 0. The van der Waals surface area contributed by atoms with Crippen molar-refractivity contribution < 1.29 is 24.9 Å². The molecule has 8 atom stereocenters. The fourth-order valence-electron chi connectivity index (χ4n) is 7.64. The van der Waals surface area contributed by atoms with Gasteiger partial charge in [-0.3, -0.25) is 9.59 Å². The van der Waals surface area contributed by atoms with E-state index >= 15 is 0 Å². The molecule has 0 radical (unpaired) electrons. The molecular weight excluding hydrogens is 332 g/mol. The van der Waals surface area contributed by atoms with Crippen molar-refractivity contribution in [2.75, 3.05) is 6.61 Å². The Kier molecular flexibility index (Phi) is 4.18. The van der Waals surface area contributed by atoms with Crippen LogP contribution in [0.25, 0.3) is 0 Å². The first-order valence-corrected chi connectivity index (χ1v) is 10.2. The maximum atomic E-state index is 13.4. The second kappa shape index (κ2) is 5.86. The highest BCUT2D eigenvalue weighted by atomic mass is 16.3. The van der Waals surface area contributed by atoms with E-state index in [9.17, 15) is 24.9 Å². The Labute approximate surface area is 155 Å². The molecule has 0 aromatic heterocycles. The van der Waals surface area contributed by atoms with Crippen LogP contribution in [0.2, 0.25) is 0 Å². The second-order valence-electron chi connectivity index (χ2n) is 10.00. The Hall–Kier alpha value is -0.780. The minimum Gasteiger partial charge on any atom is -0.393 e. The van der Waals surface area contributed by atoms with Gasteiger partial charge in [0, 0.05) is 17.8 Å². The van der Waals surface area contributed by atoms with Gasteiger partial charge in [-0.25, -0.2) is 0 Å². The molecule has 5 nitrogen and oxygen atoms in total. The fourth-order valence-corrected chi connectivity index (χ4v) is 7.64. The highest BCUT2D eigenvalue weighted by Crippen LogP contribution is 2.67. The van der Waals surface area contributed by atoms with Gasteiger partial charge in [-0.2, -0.15) is 0 Å². The predicted molar refractivity (Wildman–Crippen MR) is 95.2 cm³/mol. The van der Waals surface area contributed by atoms with Gasteiger partial charge >= 0.3 is 0 Å². The van der Waals surface area contributed by atoms with E-state index in [1.807, 2.05) is 6.92 Å². The molecular formula is C21H32O5. The van der Waals surface area contributed by atoms with Crippen LogP contribution in [0, 0.1) is 34.5 Å². The third kappa shape index (κ3) is 2.20. The molecule has 0 aromatic carbocycles. The van der Waals surface area contributed by atoms with E-state index in [1.165, 1.54) is 0 Å². The number of carbonyl (C=O) groups excluding carboxylic acids is 2. The minimum absolute atomic E-state index is 0.0154. The summed E-state index contributed by atoms with van der Waals surface area (Å²) in [6.45, 7) is 3.46. The van der Waals surface area contributed by atoms with Crippen molar-refractivity contribution in [3.63, 3.8) is 0 Å². The molecule has 26 heavy (non-hydrogen) atoms. The van der Waals surface area contributed by atoms with Crippen molar-refractivity contribution in [3.05, 3.63) is 0 Å². The van der Waals surface area contributed by atoms with E-state index in [-0.39, 0.29) is 41.5 Å². The van der Waals surface area contributed by atoms with Gasteiger partial charge in [-0.05, 0) is 68.1 Å². The lowest BCUT2D eigenvalue weighted by Crippen LogP contribution is -2.62. The number of hydrogen-bond acceptors (Lipinski definition) is 5. The molecule has 5 heteroatoms. The van der Waals surface area contributed by atoms with Crippen LogP contribution >= 0.6 is 0 Å². The van der Waals surface area contributed by atoms with Crippen molar-refractivity contribution in [2.24, 2.45) is 34.5 Å². The Morgan fingerprint density at radius 1 is 1.15 bits per heavy atom. The van der Waals surface area contributed by atoms with E-state index < -0.39 is 23.4 Å². The van der Waals surface area contributed by atoms with E-state index in [2.05, 4.69) is 6.92 Å². The molecule has 4 aliphatic carbocycles. The standard InChI is InChI=1S/C21H32O5/c1-19-7-5-13(23)9-12(19)3-4-14-15-6-8-21(26,17(25)11-22)20(15,2)10-16(24)18(14)19/h12-15,18,22-23,26H,3-11H2,1-2H3/t12-,13+,14-,15-,18+,19-,20+,21-/m0/s1. The Bertz CT molecular complexity index is 632. The molecule has 3 N–H and O–H groups in total.